The van der Waals surface area contributed by atoms with Gasteiger partial charge in [0.15, 0.2) is 6.10 Å². The van der Waals surface area contributed by atoms with E-state index in [1.807, 2.05) is 21.1 Å². The Morgan fingerprint density at radius 2 is 0.687 bits per heavy atom. The van der Waals surface area contributed by atoms with Gasteiger partial charge in [-0.3, -0.25) is 9.59 Å². The van der Waals surface area contributed by atoms with Crippen LogP contribution in [0.25, 0.3) is 0 Å². The molecule has 83 heavy (non-hydrogen) atoms. The molecule has 0 amide bonds. The Labute approximate surface area is 512 Å². The first-order valence-corrected chi connectivity index (χ1v) is 34.8. The van der Waals surface area contributed by atoms with Gasteiger partial charge in [0.2, 0.25) is 0 Å². The zero-order valence-corrected chi connectivity index (χ0v) is 54.8. The summed E-state index contributed by atoms with van der Waals surface area (Å²) in [6.45, 7) is 4.76. The minimum atomic E-state index is -1.52. The maximum atomic E-state index is 12.9. The lowest BCUT2D eigenvalue weighted by Gasteiger charge is -2.25. The zero-order valence-electron chi connectivity index (χ0n) is 54.8. The van der Waals surface area contributed by atoms with Gasteiger partial charge in [0.1, 0.15) is 13.2 Å². The molecule has 0 radical (unpaired) electrons. The molecule has 0 aliphatic carbocycles. The molecule has 9 nitrogen and oxygen atoms in total. The number of hydrogen-bond acceptors (Lipinski definition) is 7. The van der Waals surface area contributed by atoms with Crippen LogP contribution in [0, 0.1) is 0 Å². The fourth-order valence-corrected chi connectivity index (χ4v) is 9.84. The molecule has 1 N–H and O–H groups in total. The summed E-state index contributed by atoms with van der Waals surface area (Å²) in [5.74, 6) is -2.02. The predicted molar refractivity (Wildman–Crippen MR) is 355 cm³/mol. The fourth-order valence-electron chi connectivity index (χ4n) is 9.84. The van der Waals surface area contributed by atoms with Crippen molar-refractivity contribution in [2.24, 2.45) is 0 Å². The number of carbonyl (C=O) groups is 3. The summed E-state index contributed by atoms with van der Waals surface area (Å²) in [6.07, 6.45) is 84.3. The van der Waals surface area contributed by atoms with E-state index in [-0.39, 0.29) is 32.2 Å². The van der Waals surface area contributed by atoms with Crippen molar-refractivity contribution in [3.63, 3.8) is 0 Å². The lowest BCUT2D eigenvalue weighted by Crippen LogP contribution is -2.40. The highest BCUT2D eigenvalue weighted by Crippen LogP contribution is 2.18. The van der Waals surface area contributed by atoms with Gasteiger partial charge in [0, 0.05) is 12.8 Å². The number of likely N-dealkylation sites (N-methyl/N-ethyl adjacent to an activating group) is 1. The molecule has 9 heteroatoms. The number of quaternary nitrogens is 1. The SMILES string of the molecule is CC/C=C\C/C=C\C/C=C\C/C=C\CCCCCCCCC(=O)OC(COC(=O)CCCCCCCCCCCCCCCCCCCCCCCCCC/C=C\C/C=C\C/C=C\CCCCCCC)COC(OCC[N+](C)(C)C)C(=O)O. The molecule has 0 saturated heterocycles. The maximum Gasteiger partial charge on any atom is 0.361 e. The van der Waals surface area contributed by atoms with Crippen LogP contribution in [0.2, 0.25) is 0 Å². The molecule has 2 atom stereocenters. The molecule has 0 aromatic carbocycles. The Balaban J connectivity index is 3.99. The third-order valence-electron chi connectivity index (χ3n) is 15.1. The third kappa shape index (κ3) is 65.9. The van der Waals surface area contributed by atoms with Crippen LogP contribution in [0.3, 0.4) is 0 Å². The highest BCUT2D eigenvalue weighted by atomic mass is 16.7. The number of esters is 2. The van der Waals surface area contributed by atoms with E-state index < -0.39 is 24.3 Å². The summed E-state index contributed by atoms with van der Waals surface area (Å²) < 4.78 is 22.9. The zero-order chi connectivity index (χ0) is 60.5. The van der Waals surface area contributed by atoms with Gasteiger partial charge in [0.05, 0.1) is 34.4 Å². The summed E-state index contributed by atoms with van der Waals surface area (Å²) in [5, 5.41) is 9.73. The van der Waals surface area contributed by atoms with Crippen LogP contribution >= 0.6 is 0 Å². The predicted octanol–water partition coefficient (Wildman–Crippen LogP) is 21.5. The molecule has 0 bridgehead atoms. The molecule has 0 saturated carbocycles. The first-order valence-electron chi connectivity index (χ1n) is 34.8. The van der Waals surface area contributed by atoms with Gasteiger partial charge in [-0.1, -0.05) is 292 Å². The van der Waals surface area contributed by atoms with Crippen LogP contribution in [0.1, 0.15) is 309 Å². The summed E-state index contributed by atoms with van der Waals surface area (Å²) in [4.78, 5) is 37.5. The molecular weight excluding hydrogens is 1030 g/mol. The Kier molecular flexibility index (Phi) is 61.7. The second-order valence-electron chi connectivity index (χ2n) is 24.5. The van der Waals surface area contributed by atoms with Crippen molar-refractivity contribution in [3.8, 4) is 0 Å². The van der Waals surface area contributed by atoms with E-state index in [1.165, 1.54) is 180 Å². The van der Waals surface area contributed by atoms with Crippen LogP contribution in [0.15, 0.2) is 85.1 Å². The second-order valence-corrected chi connectivity index (χ2v) is 24.5. The van der Waals surface area contributed by atoms with E-state index in [4.69, 9.17) is 18.9 Å². The molecule has 0 fully saturated rings. The molecule has 2 unspecified atom stereocenters. The number of rotatable bonds is 64. The molecule has 0 rings (SSSR count). The highest BCUT2D eigenvalue weighted by molar-refractivity contribution is 5.71. The largest absolute Gasteiger partial charge is 0.477 e. The summed E-state index contributed by atoms with van der Waals surface area (Å²) in [5.41, 5.74) is 0. The van der Waals surface area contributed by atoms with Crippen LogP contribution in [0.4, 0.5) is 0 Å². The minimum absolute atomic E-state index is 0.183. The van der Waals surface area contributed by atoms with Gasteiger partial charge in [-0.2, -0.15) is 0 Å². The van der Waals surface area contributed by atoms with Crippen molar-refractivity contribution in [2.45, 2.75) is 322 Å². The van der Waals surface area contributed by atoms with E-state index in [9.17, 15) is 19.5 Å². The second kappa shape index (κ2) is 64.5. The van der Waals surface area contributed by atoms with Gasteiger partial charge < -0.3 is 28.5 Å². The number of carboxylic acids is 1. The van der Waals surface area contributed by atoms with Crippen LogP contribution in [-0.2, 0) is 33.3 Å². The van der Waals surface area contributed by atoms with E-state index >= 15 is 0 Å². The number of nitrogens with zero attached hydrogens (tertiary/aromatic N) is 1. The highest BCUT2D eigenvalue weighted by Gasteiger charge is 2.25. The monoisotopic (exact) mass is 1160 g/mol. The Hall–Kier alpha value is -3.53. The normalized spacial score (nSPS) is 13.2. The average molecular weight is 1160 g/mol. The number of hydrogen-bond donors (Lipinski definition) is 1. The van der Waals surface area contributed by atoms with Gasteiger partial charge in [0.25, 0.3) is 6.29 Å². The van der Waals surface area contributed by atoms with Crippen molar-refractivity contribution >= 4 is 17.9 Å². The average Bonchev–Trinajstić information content (AvgIpc) is 3.46. The number of ether oxygens (including phenoxy) is 4. The topological polar surface area (TPSA) is 108 Å². The van der Waals surface area contributed by atoms with Crippen LogP contribution in [-0.4, -0.2) is 87.4 Å². The lowest BCUT2D eigenvalue weighted by atomic mass is 10.0. The van der Waals surface area contributed by atoms with Crippen LogP contribution in [0.5, 0.6) is 0 Å². The smallest absolute Gasteiger partial charge is 0.361 e. The molecular formula is C74H132NO8+. The molecule has 0 aliphatic heterocycles. The number of carbonyl (C=O) groups excluding carboxylic acids is 2. The first kappa shape index (κ1) is 79.5. The Bertz CT molecular complexity index is 1640. The van der Waals surface area contributed by atoms with Gasteiger partial charge in [-0.25, -0.2) is 4.79 Å². The van der Waals surface area contributed by atoms with Gasteiger partial charge in [-0.15, -0.1) is 0 Å². The van der Waals surface area contributed by atoms with E-state index in [1.54, 1.807) is 0 Å². The molecule has 0 aromatic heterocycles. The molecule has 0 spiro atoms. The summed E-state index contributed by atoms with van der Waals surface area (Å²) in [6, 6.07) is 0. The fraction of sp³-hybridized carbons (Fsp3) is 0.770. The Morgan fingerprint density at radius 1 is 0.373 bits per heavy atom. The minimum Gasteiger partial charge on any atom is -0.477 e. The third-order valence-corrected chi connectivity index (χ3v) is 15.1. The number of unbranched alkanes of at least 4 members (excludes halogenated alkanes) is 35. The first-order chi connectivity index (χ1) is 40.6. The van der Waals surface area contributed by atoms with E-state index in [0.29, 0.717) is 23.9 Å². The lowest BCUT2D eigenvalue weighted by molar-refractivity contribution is -0.870. The number of allylic oxidation sites excluding steroid dienone is 14. The summed E-state index contributed by atoms with van der Waals surface area (Å²) in [7, 11) is 5.97. The summed E-state index contributed by atoms with van der Waals surface area (Å²) >= 11 is 0. The van der Waals surface area contributed by atoms with Crippen LogP contribution < -0.4 is 0 Å². The van der Waals surface area contributed by atoms with Crippen molar-refractivity contribution in [3.05, 3.63) is 85.1 Å². The molecule has 0 aromatic rings. The number of aliphatic carboxylic acids is 1. The molecule has 0 heterocycles. The van der Waals surface area contributed by atoms with Crippen molar-refractivity contribution in [1.82, 2.24) is 0 Å². The van der Waals surface area contributed by atoms with E-state index in [2.05, 4.69) is 98.9 Å². The molecule has 480 valence electrons. The maximum absolute atomic E-state index is 12.9. The van der Waals surface area contributed by atoms with E-state index in [0.717, 1.165) is 96.3 Å². The van der Waals surface area contributed by atoms with Crippen molar-refractivity contribution < 1.29 is 42.9 Å². The standard InChI is InChI=1S/C74H131NO8/c1-6-8-10-12-14-16-18-20-22-24-26-27-28-29-30-31-32-33-34-35-36-37-38-39-40-41-42-43-44-45-47-48-50-52-54-56-58-60-62-64-71(76)81-68-70(69-82-74(73(78)79)80-67-66-75(3,4)5)83-72(77)65-63-61-59-57-55-53-51-49-46-25-23-21-19-17-15-13-11-9-7-2/h9,11,15,17-18,20-21,23-24,26,28-29,46,49,70,74H,6-8,10,12-14,16,19,22,25,27,30-45,47-48,50-69H2,1-5H3/p+1/b11-9-,17-15-,20-18-,23-21-,26-24-,29-28-,49-46-. The quantitative estimate of drug-likeness (QED) is 0.0211. The van der Waals surface area contributed by atoms with Crippen molar-refractivity contribution in [1.29, 1.82) is 0 Å². The molecule has 0 aliphatic rings. The Morgan fingerprint density at radius 3 is 1.02 bits per heavy atom. The van der Waals surface area contributed by atoms with Gasteiger partial charge in [-0.05, 0) is 89.9 Å². The van der Waals surface area contributed by atoms with Gasteiger partial charge >= 0.3 is 17.9 Å². The van der Waals surface area contributed by atoms with Crippen molar-refractivity contribution in [2.75, 3.05) is 47.5 Å². The number of carboxylic acid groups (broad SMARTS) is 1.